The second-order valence-corrected chi connectivity index (χ2v) is 7.84. The third kappa shape index (κ3) is 3.70. The molecule has 1 fully saturated rings. The Morgan fingerprint density at radius 2 is 2.23 bits per heavy atom. The summed E-state index contributed by atoms with van der Waals surface area (Å²) in [5.41, 5.74) is -0.135. The Morgan fingerprint density at radius 1 is 1.45 bits per heavy atom. The van der Waals surface area contributed by atoms with Gasteiger partial charge in [0.2, 0.25) is 5.91 Å². The number of nitrogens with zero attached hydrogens (tertiary/aromatic N) is 1. The number of rotatable bonds is 4. The van der Waals surface area contributed by atoms with Crippen LogP contribution < -0.4 is 10.9 Å². The van der Waals surface area contributed by atoms with Gasteiger partial charge in [-0.05, 0) is 25.8 Å². The number of hydrogen-bond donors (Lipinski definition) is 2. The molecule has 0 aromatic carbocycles. The fraction of sp³-hybridized carbons (Fsp3) is 0.533. The number of carbonyl (C=O) groups is 1. The van der Waals surface area contributed by atoms with Gasteiger partial charge in [0.25, 0.3) is 5.56 Å². The minimum Gasteiger partial charge on any atom is -0.353 e. The van der Waals surface area contributed by atoms with Crippen LogP contribution >= 0.6 is 23.1 Å². The number of aryl methyl sites for hydroxylation is 1. The van der Waals surface area contributed by atoms with Crippen molar-refractivity contribution in [1.29, 1.82) is 0 Å². The number of thiophene rings is 1. The molecule has 0 aliphatic heterocycles. The summed E-state index contributed by atoms with van der Waals surface area (Å²) in [5.74, 6) is 0.303. The lowest BCUT2D eigenvalue weighted by Gasteiger charge is -2.22. The fourth-order valence-corrected chi connectivity index (χ4v) is 4.36. The van der Waals surface area contributed by atoms with Crippen molar-refractivity contribution in [3.63, 3.8) is 0 Å². The molecule has 2 heterocycles. The topological polar surface area (TPSA) is 74.8 Å². The molecule has 22 heavy (non-hydrogen) atoms. The lowest BCUT2D eigenvalue weighted by molar-refractivity contribution is -0.119. The van der Waals surface area contributed by atoms with E-state index in [1.54, 1.807) is 0 Å². The third-order valence-corrected chi connectivity index (χ3v) is 5.63. The predicted molar refractivity (Wildman–Crippen MR) is 90.7 cm³/mol. The van der Waals surface area contributed by atoms with E-state index in [4.69, 9.17) is 0 Å². The number of thioether (sulfide) groups is 1. The molecule has 0 saturated heterocycles. The normalized spacial score (nSPS) is 16.0. The highest BCUT2D eigenvalue weighted by molar-refractivity contribution is 7.99. The van der Waals surface area contributed by atoms with Gasteiger partial charge in [0.15, 0.2) is 5.16 Å². The summed E-state index contributed by atoms with van der Waals surface area (Å²) in [6.45, 7) is 1.95. The van der Waals surface area contributed by atoms with E-state index in [2.05, 4.69) is 15.3 Å². The van der Waals surface area contributed by atoms with Gasteiger partial charge < -0.3 is 10.3 Å². The molecule has 2 N–H and O–H groups in total. The van der Waals surface area contributed by atoms with Gasteiger partial charge >= 0.3 is 0 Å². The summed E-state index contributed by atoms with van der Waals surface area (Å²) in [6.07, 6.45) is 5.81. The number of fused-ring (bicyclic) bond motifs is 1. The molecule has 1 saturated carbocycles. The molecule has 3 rings (SSSR count). The van der Waals surface area contributed by atoms with E-state index in [9.17, 15) is 9.59 Å². The molecular weight excluding hydrogens is 318 g/mol. The monoisotopic (exact) mass is 337 g/mol. The van der Waals surface area contributed by atoms with Crippen LogP contribution in [-0.4, -0.2) is 27.7 Å². The lowest BCUT2D eigenvalue weighted by atomic mass is 9.95. The molecule has 0 unspecified atom stereocenters. The Bertz CT molecular complexity index is 732. The number of aromatic amines is 1. The minimum atomic E-state index is -0.135. The minimum absolute atomic E-state index is 0.0157. The molecule has 0 bridgehead atoms. The van der Waals surface area contributed by atoms with Crippen molar-refractivity contribution in [2.45, 2.75) is 50.2 Å². The number of hydrogen-bond acceptors (Lipinski definition) is 5. The predicted octanol–water partition coefficient (Wildman–Crippen LogP) is 2.83. The van der Waals surface area contributed by atoms with E-state index in [1.165, 1.54) is 42.4 Å². The molecule has 1 aliphatic rings. The number of H-pyrrole nitrogens is 1. The number of amides is 1. The van der Waals surface area contributed by atoms with Crippen molar-refractivity contribution >= 4 is 39.2 Å². The zero-order valence-electron chi connectivity index (χ0n) is 12.5. The summed E-state index contributed by atoms with van der Waals surface area (Å²) in [6, 6.07) is 2.16. The quantitative estimate of drug-likeness (QED) is 0.664. The Balaban J connectivity index is 1.61. The van der Waals surface area contributed by atoms with Crippen molar-refractivity contribution in [3.8, 4) is 0 Å². The molecule has 7 heteroatoms. The highest BCUT2D eigenvalue weighted by Crippen LogP contribution is 2.22. The number of aromatic nitrogens is 2. The van der Waals surface area contributed by atoms with Crippen LogP contribution in [0.5, 0.6) is 0 Å². The molecule has 118 valence electrons. The van der Waals surface area contributed by atoms with Crippen molar-refractivity contribution < 1.29 is 4.79 Å². The number of nitrogens with one attached hydrogen (secondary N) is 2. The van der Waals surface area contributed by atoms with Gasteiger partial charge in [-0.25, -0.2) is 4.98 Å². The Hall–Kier alpha value is -1.34. The maximum Gasteiger partial charge on any atom is 0.260 e. The van der Waals surface area contributed by atoms with Gasteiger partial charge in [-0.1, -0.05) is 31.0 Å². The summed E-state index contributed by atoms with van der Waals surface area (Å²) < 4.78 is 0. The standard InChI is InChI=1S/C15H19N3O2S2/c1-9-7-11-13(20)17-15(18-14(11)22-9)21-8-12(19)16-10-5-3-2-4-6-10/h7,10H,2-6,8H2,1H3,(H,16,19)(H,17,18,20). The first-order valence-corrected chi connectivity index (χ1v) is 9.34. The van der Waals surface area contributed by atoms with Crippen LogP contribution in [0, 0.1) is 6.92 Å². The maximum absolute atomic E-state index is 12.0. The van der Waals surface area contributed by atoms with E-state index in [0.29, 0.717) is 16.6 Å². The molecule has 5 nitrogen and oxygen atoms in total. The molecule has 0 radical (unpaired) electrons. The zero-order chi connectivity index (χ0) is 15.5. The van der Waals surface area contributed by atoms with E-state index in [1.807, 2.05) is 13.0 Å². The van der Waals surface area contributed by atoms with Crippen LogP contribution in [0.3, 0.4) is 0 Å². The molecule has 2 aromatic rings. The van der Waals surface area contributed by atoms with Crippen LogP contribution in [0.1, 0.15) is 37.0 Å². The Kier molecular flexibility index (Phi) is 4.83. The zero-order valence-corrected chi connectivity index (χ0v) is 14.1. The van der Waals surface area contributed by atoms with Crippen LogP contribution in [0.4, 0.5) is 0 Å². The molecule has 2 aromatic heterocycles. The van der Waals surface area contributed by atoms with Crippen molar-refractivity contribution in [2.75, 3.05) is 5.75 Å². The average molecular weight is 337 g/mol. The molecule has 1 aliphatic carbocycles. The van der Waals surface area contributed by atoms with Crippen molar-refractivity contribution in [2.24, 2.45) is 0 Å². The molecule has 0 spiro atoms. The van der Waals surface area contributed by atoms with Gasteiger partial charge in [0, 0.05) is 10.9 Å². The molecule has 0 atom stereocenters. The van der Waals surface area contributed by atoms with Gasteiger partial charge in [-0.3, -0.25) is 9.59 Å². The first kappa shape index (κ1) is 15.6. The van der Waals surface area contributed by atoms with E-state index in [-0.39, 0.29) is 17.2 Å². The summed E-state index contributed by atoms with van der Waals surface area (Å²) in [5, 5.41) is 4.20. The summed E-state index contributed by atoms with van der Waals surface area (Å²) >= 11 is 2.78. The van der Waals surface area contributed by atoms with E-state index >= 15 is 0 Å². The third-order valence-electron chi connectivity index (χ3n) is 3.81. The summed E-state index contributed by atoms with van der Waals surface area (Å²) in [7, 11) is 0. The average Bonchev–Trinajstić information content (AvgIpc) is 2.87. The number of carbonyl (C=O) groups excluding carboxylic acids is 1. The van der Waals surface area contributed by atoms with Crippen molar-refractivity contribution in [1.82, 2.24) is 15.3 Å². The van der Waals surface area contributed by atoms with Crippen LogP contribution in [0.15, 0.2) is 16.0 Å². The van der Waals surface area contributed by atoms with Crippen LogP contribution in [-0.2, 0) is 4.79 Å². The smallest absolute Gasteiger partial charge is 0.260 e. The van der Waals surface area contributed by atoms with Gasteiger partial charge in [0.05, 0.1) is 11.1 Å². The van der Waals surface area contributed by atoms with Gasteiger partial charge in [0.1, 0.15) is 4.83 Å². The molecular formula is C15H19N3O2S2. The summed E-state index contributed by atoms with van der Waals surface area (Å²) in [4.78, 5) is 32.9. The van der Waals surface area contributed by atoms with Gasteiger partial charge in [-0.2, -0.15) is 0 Å². The second-order valence-electron chi connectivity index (χ2n) is 5.64. The highest BCUT2D eigenvalue weighted by atomic mass is 32.2. The van der Waals surface area contributed by atoms with Gasteiger partial charge in [-0.15, -0.1) is 11.3 Å². The second kappa shape index (κ2) is 6.83. The van der Waals surface area contributed by atoms with E-state index in [0.717, 1.165) is 22.5 Å². The maximum atomic E-state index is 12.0. The Labute approximate surface area is 136 Å². The Morgan fingerprint density at radius 3 is 3.00 bits per heavy atom. The largest absolute Gasteiger partial charge is 0.353 e. The van der Waals surface area contributed by atoms with E-state index < -0.39 is 0 Å². The van der Waals surface area contributed by atoms with Crippen LogP contribution in [0.25, 0.3) is 10.2 Å². The highest BCUT2D eigenvalue weighted by Gasteiger charge is 2.16. The van der Waals surface area contributed by atoms with Crippen LogP contribution in [0.2, 0.25) is 0 Å². The van der Waals surface area contributed by atoms with Crippen molar-refractivity contribution in [3.05, 3.63) is 21.3 Å². The first-order valence-electron chi connectivity index (χ1n) is 7.54. The fourth-order valence-electron chi connectivity index (χ4n) is 2.75. The molecule has 1 amide bonds. The SMILES string of the molecule is Cc1cc2c(=O)[nH]c(SCC(=O)NC3CCCCC3)nc2s1. The first-order chi connectivity index (χ1) is 10.6. The lowest BCUT2D eigenvalue weighted by Crippen LogP contribution is -2.37.